The van der Waals surface area contributed by atoms with Gasteiger partial charge in [-0.1, -0.05) is 32.0 Å². The molecule has 1 fully saturated rings. The number of hydrogen-bond acceptors (Lipinski definition) is 5. The highest BCUT2D eigenvalue weighted by Gasteiger charge is 2.45. The van der Waals surface area contributed by atoms with Crippen molar-refractivity contribution in [2.24, 2.45) is 5.92 Å². The highest BCUT2D eigenvalue weighted by Crippen LogP contribution is 2.39. The molecule has 0 radical (unpaired) electrons. The molecule has 0 saturated carbocycles. The Morgan fingerprint density at radius 2 is 1.92 bits per heavy atom. The molecule has 0 spiro atoms. The van der Waals surface area contributed by atoms with Gasteiger partial charge in [-0.05, 0) is 73.2 Å². The minimum atomic E-state index is -0.755. The smallest absolute Gasteiger partial charge is 0.267 e. The van der Waals surface area contributed by atoms with E-state index < -0.39 is 29.9 Å². The van der Waals surface area contributed by atoms with Crippen molar-refractivity contribution in [3.05, 3.63) is 98.2 Å². The summed E-state index contributed by atoms with van der Waals surface area (Å²) in [7, 11) is 0. The number of carbonyl (C=O) groups excluding carboxylic acids is 2. The van der Waals surface area contributed by atoms with Gasteiger partial charge in [0, 0.05) is 17.5 Å². The first-order valence-electron chi connectivity index (χ1n) is 12.7. The molecule has 2 amide bonds. The summed E-state index contributed by atoms with van der Waals surface area (Å²) in [4.78, 5) is 40.0. The molecule has 3 aromatic rings. The number of aliphatic hydroxyl groups is 1. The largest absolute Gasteiger partial charge is 0.391 e. The van der Waals surface area contributed by atoms with Gasteiger partial charge in [0.15, 0.2) is 0 Å². The molecule has 1 saturated heterocycles. The van der Waals surface area contributed by atoms with Crippen LogP contribution in [0.2, 0.25) is 0 Å². The summed E-state index contributed by atoms with van der Waals surface area (Å²) in [5, 5.41) is 19.8. The van der Waals surface area contributed by atoms with E-state index in [1.54, 1.807) is 48.2 Å². The number of aliphatic hydroxyl groups excluding tert-OH is 1. The normalized spacial score (nSPS) is 19.1. The zero-order valence-electron chi connectivity index (χ0n) is 22.0. The van der Waals surface area contributed by atoms with Crippen LogP contribution in [0.5, 0.6) is 0 Å². The number of nitrogens with one attached hydrogen (secondary N) is 2. The topological polar surface area (TPSA) is 115 Å². The fourth-order valence-corrected chi connectivity index (χ4v) is 5.27. The number of aryl methyl sites for hydroxylation is 2. The Labute approximate surface area is 220 Å². The van der Waals surface area contributed by atoms with E-state index in [4.69, 9.17) is 0 Å². The summed E-state index contributed by atoms with van der Waals surface area (Å²) >= 11 is 0. The van der Waals surface area contributed by atoms with Gasteiger partial charge in [-0.3, -0.25) is 14.4 Å². The number of likely N-dealkylation sites (tertiary alicyclic amines) is 1. The Kier molecular flexibility index (Phi) is 8.06. The molecule has 200 valence electrons. The molecule has 1 aliphatic rings. The second-order valence-corrected chi connectivity index (χ2v) is 10.3. The number of aromatic amines is 1. The van der Waals surface area contributed by atoms with Crippen LogP contribution in [0.1, 0.15) is 64.6 Å². The van der Waals surface area contributed by atoms with Crippen LogP contribution in [0.4, 0.5) is 4.39 Å². The summed E-state index contributed by atoms with van der Waals surface area (Å²) in [6.45, 7) is 7.25. The Morgan fingerprint density at radius 1 is 1.16 bits per heavy atom. The van der Waals surface area contributed by atoms with E-state index in [0.29, 0.717) is 35.2 Å². The summed E-state index contributed by atoms with van der Waals surface area (Å²) in [6, 6.07) is 12.0. The molecule has 3 atom stereocenters. The monoisotopic (exact) mass is 520 g/mol. The second-order valence-electron chi connectivity index (χ2n) is 10.3. The van der Waals surface area contributed by atoms with E-state index in [1.165, 1.54) is 12.1 Å². The highest BCUT2D eigenvalue weighted by molar-refractivity contribution is 5.96. The van der Waals surface area contributed by atoms with Crippen molar-refractivity contribution < 1.29 is 19.1 Å². The molecular formula is C29H33FN4O4. The van der Waals surface area contributed by atoms with Gasteiger partial charge in [0.2, 0.25) is 5.91 Å². The molecule has 3 N–H and O–H groups in total. The molecule has 1 aliphatic heterocycles. The third-order valence-electron chi connectivity index (χ3n) is 7.11. The summed E-state index contributed by atoms with van der Waals surface area (Å²) in [5.41, 5.74) is 3.79. The molecule has 0 bridgehead atoms. The maximum absolute atomic E-state index is 13.9. The average Bonchev–Trinajstić information content (AvgIpc) is 3.23. The first-order chi connectivity index (χ1) is 18.0. The van der Waals surface area contributed by atoms with Gasteiger partial charge >= 0.3 is 0 Å². The third kappa shape index (κ3) is 5.83. The van der Waals surface area contributed by atoms with Crippen molar-refractivity contribution >= 4 is 11.8 Å². The number of H-pyrrole nitrogens is 1. The number of rotatable bonds is 7. The second kappa shape index (κ2) is 11.3. The van der Waals surface area contributed by atoms with Crippen molar-refractivity contribution in [3.8, 4) is 0 Å². The molecule has 2 aromatic carbocycles. The number of hydrogen-bond donors (Lipinski definition) is 3. The summed E-state index contributed by atoms with van der Waals surface area (Å²) in [5.74, 6) is -1.19. The zero-order chi connectivity index (χ0) is 27.6. The van der Waals surface area contributed by atoms with E-state index in [-0.39, 0.29) is 23.9 Å². The first-order valence-corrected chi connectivity index (χ1v) is 12.7. The number of amides is 2. The number of nitrogens with zero attached hydrogens (tertiary/aromatic N) is 2. The lowest BCUT2D eigenvalue weighted by Gasteiger charge is -2.33. The maximum atomic E-state index is 13.9. The van der Waals surface area contributed by atoms with Gasteiger partial charge in [0.1, 0.15) is 5.82 Å². The third-order valence-corrected chi connectivity index (χ3v) is 7.11. The molecular weight excluding hydrogens is 487 g/mol. The van der Waals surface area contributed by atoms with Crippen LogP contribution >= 0.6 is 0 Å². The predicted molar refractivity (Wildman–Crippen MR) is 141 cm³/mol. The molecule has 8 nitrogen and oxygen atoms in total. The van der Waals surface area contributed by atoms with Gasteiger partial charge in [0.25, 0.3) is 11.5 Å². The number of benzene rings is 2. The lowest BCUT2D eigenvalue weighted by molar-refractivity contribution is -0.135. The van der Waals surface area contributed by atoms with Crippen molar-refractivity contribution in [1.29, 1.82) is 0 Å². The van der Waals surface area contributed by atoms with Gasteiger partial charge < -0.3 is 15.3 Å². The summed E-state index contributed by atoms with van der Waals surface area (Å²) in [6.07, 6.45) is -0.0539. The SMILES string of the molecule is Cc1cc(Cc2ccc(C(=O)NCC(=O)N3C(C(C)C)[C@@H](O)C[C@H]3c3cccc(F)c3)cc2C)c(=O)[nH]n1. The van der Waals surface area contributed by atoms with Gasteiger partial charge in [-0.25, -0.2) is 9.49 Å². The van der Waals surface area contributed by atoms with Crippen molar-refractivity contribution in [3.63, 3.8) is 0 Å². The van der Waals surface area contributed by atoms with Crippen molar-refractivity contribution in [2.45, 2.75) is 58.7 Å². The molecule has 0 aliphatic carbocycles. The Morgan fingerprint density at radius 3 is 2.61 bits per heavy atom. The molecule has 1 unspecified atom stereocenters. The molecule has 38 heavy (non-hydrogen) atoms. The van der Waals surface area contributed by atoms with Crippen LogP contribution in [0.3, 0.4) is 0 Å². The number of carbonyl (C=O) groups is 2. The van der Waals surface area contributed by atoms with Gasteiger partial charge in [0.05, 0.1) is 30.4 Å². The van der Waals surface area contributed by atoms with Gasteiger partial charge in [-0.15, -0.1) is 0 Å². The Hall–Kier alpha value is -3.85. The van der Waals surface area contributed by atoms with Crippen molar-refractivity contribution in [1.82, 2.24) is 20.4 Å². The maximum Gasteiger partial charge on any atom is 0.267 e. The molecule has 4 rings (SSSR count). The molecule has 1 aromatic heterocycles. The van der Waals surface area contributed by atoms with E-state index >= 15 is 0 Å². The lowest BCUT2D eigenvalue weighted by Crippen LogP contribution is -2.47. The predicted octanol–water partition coefficient (Wildman–Crippen LogP) is 3.21. The fourth-order valence-electron chi connectivity index (χ4n) is 5.27. The van der Waals surface area contributed by atoms with Crippen LogP contribution in [0.25, 0.3) is 0 Å². The van der Waals surface area contributed by atoms with Crippen LogP contribution in [-0.4, -0.2) is 50.7 Å². The van der Waals surface area contributed by atoms with E-state index in [0.717, 1.165) is 11.1 Å². The van der Waals surface area contributed by atoms with Crippen LogP contribution in [0.15, 0.2) is 53.3 Å². The Bertz CT molecular complexity index is 1400. The van der Waals surface area contributed by atoms with Crippen LogP contribution in [0, 0.1) is 25.6 Å². The summed E-state index contributed by atoms with van der Waals surface area (Å²) < 4.78 is 13.9. The fraction of sp³-hybridized carbons (Fsp3) is 0.379. The molecule has 9 heteroatoms. The first kappa shape index (κ1) is 27.2. The van der Waals surface area contributed by atoms with Crippen LogP contribution in [-0.2, 0) is 11.2 Å². The van der Waals surface area contributed by atoms with Gasteiger partial charge in [-0.2, -0.15) is 5.10 Å². The minimum Gasteiger partial charge on any atom is -0.391 e. The number of halogens is 1. The highest BCUT2D eigenvalue weighted by atomic mass is 19.1. The molecule has 2 heterocycles. The number of aromatic nitrogens is 2. The standard InChI is InChI=1S/C29H33FN4O4/c1-16(2)27-25(35)14-24(20-6-5-7-23(30)13-20)34(27)26(36)15-31-28(37)21-9-8-19(17(3)10-21)12-22-11-18(4)32-33-29(22)38/h5-11,13,16,24-25,27,35H,12,14-15H2,1-4H3,(H,31,37)(H,33,38)/t24-,25-,27?/m0/s1. The van der Waals surface area contributed by atoms with E-state index in [1.807, 2.05) is 20.8 Å². The zero-order valence-corrected chi connectivity index (χ0v) is 22.0. The van der Waals surface area contributed by atoms with Crippen molar-refractivity contribution in [2.75, 3.05) is 6.54 Å². The average molecular weight is 521 g/mol. The Balaban J connectivity index is 1.47. The lowest BCUT2D eigenvalue weighted by atomic mass is 9.99. The minimum absolute atomic E-state index is 0.0326. The van der Waals surface area contributed by atoms with E-state index in [9.17, 15) is 23.9 Å². The van der Waals surface area contributed by atoms with Crippen LogP contribution < -0.4 is 10.9 Å². The quantitative estimate of drug-likeness (QED) is 0.443. The van der Waals surface area contributed by atoms with E-state index in [2.05, 4.69) is 15.5 Å².